The van der Waals surface area contributed by atoms with E-state index < -0.39 is 0 Å². The minimum Gasteiger partial charge on any atom is -0.370 e. The number of rotatable bonds is 6. The molecule has 2 heterocycles. The number of carbonyl (C=O) groups excluding carboxylic acids is 1. The number of nitrogens with one attached hydrogen (secondary N) is 2. The van der Waals surface area contributed by atoms with Crippen molar-refractivity contribution >= 4 is 11.7 Å². The normalized spacial score (nSPS) is 10.3. The van der Waals surface area contributed by atoms with Crippen LogP contribution in [-0.2, 0) is 13.5 Å². The van der Waals surface area contributed by atoms with E-state index in [0.717, 1.165) is 12.4 Å². The molecule has 0 saturated heterocycles. The largest absolute Gasteiger partial charge is 0.370 e. The van der Waals surface area contributed by atoms with Crippen molar-refractivity contribution in [2.24, 2.45) is 7.05 Å². The standard InChI is InChI=1S/C14H19N5O/c1-3-15-13-11(5-4-7-17-13)14(20)18-8-6-12-16-9-10-19(12)2/h4-5,7,9-10H,3,6,8H2,1-2H3,(H,15,17)(H,18,20). The maximum Gasteiger partial charge on any atom is 0.255 e. The molecule has 0 fully saturated rings. The van der Waals surface area contributed by atoms with E-state index >= 15 is 0 Å². The summed E-state index contributed by atoms with van der Waals surface area (Å²) in [4.78, 5) is 20.5. The molecule has 2 aromatic heterocycles. The summed E-state index contributed by atoms with van der Waals surface area (Å²) in [5.74, 6) is 1.44. The quantitative estimate of drug-likeness (QED) is 0.830. The predicted molar refractivity (Wildman–Crippen MR) is 77.6 cm³/mol. The van der Waals surface area contributed by atoms with Gasteiger partial charge in [0.15, 0.2) is 0 Å². The van der Waals surface area contributed by atoms with Crippen LogP contribution in [0.5, 0.6) is 0 Å². The fourth-order valence-corrected chi connectivity index (χ4v) is 1.92. The lowest BCUT2D eigenvalue weighted by atomic mass is 10.2. The second-order valence-corrected chi connectivity index (χ2v) is 4.39. The number of carbonyl (C=O) groups is 1. The number of imidazole rings is 1. The highest BCUT2D eigenvalue weighted by atomic mass is 16.1. The van der Waals surface area contributed by atoms with Crippen LogP contribution >= 0.6 is 0 Å². The fraction of sp³-hybridized carbons (Fsp3) is 0.357. The summed E-state index contributed by atoms with van der Waals surface area (Å²) in [7, 11) is 1.94. The molecule has 0 aromatic carbocycles. The summed E-state index contributed by atoms with van der Waals surface area (Å²) >= 11 is 0. The van der Waals surface area contributed by atoms with E-state index in [0.29, 0.717) is 24.3 Å². The third-order valence-electron chi connectivity index (χ3n) is 2.95. The summed E-state index contributed by atoms with van der Waals surface area (Å²) in [6, 6.07) is 3.52. The maximum atomic E-state index is 12.1. The summed E-state index contributed by atoms with van der Waals surface area (Å²) in [6.07, 6.45) is 6.01. The highest BCUT2D eigenvalue weighted by molar-refractivity contribution is 5.98. The first-order valence-corrected chi connectivity index (χ1v) is 6.65. The number of pyridine rings is 1. The Morgan fingerprint density at radius 1 is 1.35 bits per heavy atom. The SMILES string of the molecule is CCNc1ncccc1C(=O)NCCc1nccn1C. The Morgan fingerprint density at radius 2 is 2.20 bits per heavy atom. The molecule has 1 amide bonds. The van der Waals surface area contributed by atoms with Crippen LogP contribution in [0.25, 0.3) is 0 Å². The van der Waals surface area contributed by atoms with Crippen molar-refractivity contribution in [3.63, 3.8) is 0 Å². The molecule has 20 heavy (non-hydrogen) atoms. The van der Waals surface area contributed by atoms with Crippen LogP contribution in [-0.4, -0.2) is 33.5 Å². The van der Waals surface area contributed by atoms with Crippen LogP contribution in [0.3, 0.4) is 0 Å². The van der Waals surface area contributed by atoms with E-state index in [9.17, 15) is 4.79 Å². The molecule has 0 aliphatic rings. The lowest BCUT2D eigenvalue weighted by Crippen LogP contribution is -2.27. The lowest BCUT2D eigenvalue weighted by molar-refractivity contribution is 0.0954. The predicted octanol–water partition coefficient (Wildman–Crippen LogP) is 1.22. The Balaban J connectivity index is 1.93. The molecule has 2 rings (SSSR count). The number of hydrogen-bond donors (Lipinski definition) is 2. The zero-order valence-electron chi connectivity index (χ0n) is 11.8. The molecule has 0 unspecified atom stereocenters. The van der Waals surface area contributed by atoms with Gasteiger partial charge in [-0.3, -0.25) is 4.79 Å². The number of anilines is 1. The van der Waals surface area contributed by atoms with E-state index in [1.54, 1.807) is 24.5 Å². The Bertz CT molecular complexity index is 578. The van der Waals surface area contributed by atoms with Gasteiger partial charge >= 0.3 is 0 Å². The van der Waals surface area contributed by atoms with Crippen LogP contribution in [0.4, 0.5) is 5.82 Å². The molecule has 6 nitrogen and oxygen atoms in total. The van der Waals surface area contributed by atoms with Gasteiger partial charge in [-0.25, -0.2) is 9.97 Å². The van der Waals surface area contributed by atoms with Crippen LogP contribution in [0.2, 0.25) is 0 Å². The highest BCUT2D eigenvalue weighted by Gasteiger charge is 2.11. The number of aromatic nitrogens is 3. The van der Waals surface area contributed by atoms with Gasteiger partial charge in [0.1, 0.15) is 11.6 Å². The summed E-state index contributed by atoms with van der Waals surface area (Å²) in [5, 5.41) is 5.97. The highest BCUT2D eigenvalue weighted by Crippen LogP contribution is 2.10. The van der Waals surface area contributed by atoms with E-state index in [1.807, 2.05) is 24.7 Å². The molecule has 0 aliphatic heterocycles. The second-order valence-electron chi connectivity index (χ2n) is 4.39. The van der Waals surface area contributed by atoms with Crippen LogP contribution < -0.4 is 10.6 Å². The van der Waals surface area contributed by atoms with Gasteiger partial charge < -0.3 is 15.2 Å². The Labute approximate surface area is 118 Å². The van der Waals surface area contributed by atoms with Crippen LogP contribution in [0, 0.1) is 0 Å². The maximum absolute atomic E-state index is 12.1. The zero-order chi connectivity index (χ0) is 14.4. The summed E-state index contributed by atoms with van der Waals surface area (Å²) in [5.41, 5.74) is 0.564. The lowest BCUT2D eigenvalue weighted by Gasteiger charge is -2.09. The first-order valence-electron chi connectivity index (χ1n) is 6.65. The minimum atomic E-state index is -0.122. The molecular formula is C14H19N5O. The van der Waals surface area contributed by atoms with Gasteiger partial charge in [-0.15, -0.1) is 0 Å². The van der Waals surface area contributed by atoms with Crippen LogP contribution in [0.15, 0.2) is 30.7 Å². The number of hydrogen-bond acceptors (Lipinski definition) is 4. The minimum absolute atomic E-state index is 0.122. The van der Waals surface area contributed by atoms with Gasteiger partial charge in [0.25, 0.3) is 5.91 Å². The molecule has 0 atom stereocenters. The van der Waals surface area contributed by atoms with E-state index in [-0.39, 0.29) is 5.91 Å². The van der Waals surface area contributed by atoms with Gasteiger partial charge in [0.05, 0.1) is 5.56 Å². The fourth-order valence-electron chi connectivity index (χ4n) is 1.92. The van der Waals surface area contributed by atoms with Gasteiger partial charge in [-0.2, -0.15) is 0 Å². The van der Waals surface area contributed by atoms with Crippen molar-refractivity contribution < 1.29 is 4.79 Å². The van der Waals surface area contributed by atoms with Crippen molar-refractivity contribution in [1.29, 1.82) is 0 Å². The summed E-state index contributed by atoms with van der Waals surface area (Å²) in [6.45, 7) is 3.24. The van der Waals surface area contributed by atoms with Crippen LogP contribution in [0.1, 0.15) is 23.1 Å². The van der Waals surface area contributed by atoms with Gasteiger partial charge in [-0.05, 0) is 19.1 Å². The Morgan fingerprint density at radius 3 is 2.90 bits per heavy atom. The average molecular weight is 273 g/mol. The molecule has 0 spiro atoms. The monoisotopic (exact) mass is 273 g/mol. The molecule has 2 aromatic rings. The van der Waals surface area contributed by atoms with E-state index in [2.05, 4.69) is 20.6 Å². The number of amides is 1. The van der Waals surface area contributed by atoms with E-state index in [4.69, 9.17) is 0 Å². The van der Waals surface area contributed by atoms with Gasteiger partial charge in [0.2, 0.25) is 0 Å². The molecule has 2 N–H and O–H groups in total. The van der Waals surface area contributed by atoms with E-state index in [1.165, 1.54) is 0 Å². The summed E-state index contributed by atoms with van der Waals surface area (Å²) < 4.78 is 1.94. The number of aryl methyl sites for hydroxylation is 1. The smallest absolute Gasteiger partial charge is 0.255 e. The van der Waals surface area contributed by atoms with Gasteiger partial charge in [0, 0.05) is 45.1 Å². The van der Waals surface area contributed by atoms with Crippen molar-refractivity contribution in [1.82, 2.24) is 19.9 Å². The third kappa shape index (κ3) is 3.34. The van der Waals surface area contributed by atoms with Crippen molar-refractivity contribution in [2.75, 3.05) is 18.4 Å². The van der Waals surface area contributed by atoms with Gasteiger partial charge in [-0.1, -0.05) is 0 Å². The zero-order valence-corrected chi connectivity index (χ0v) is 11.8. The molecule has 0 aliphatic carbocycles. The third-order valence-corrected chi connectivity index (χ3v) is 2.95. The number of nitrogens with zero attached hydrogens (tertiary/aromatic N) is 3. The first-order chi connectivity index (χ1) is 9.72. The molecule has 0 bridgehead atoms. The first kappa shape index (κ1) is 14.0. The molecular weight excluding hydrogens is 254 g/mol. The van der Waals surface area contributed by atoms with Crippen molar-refractivity contribution in [3.05, 3.63) is 42.1 Å². The topological polar surface area (TPSA) is 71.8 Å². The average Bonchev–Trinajstić information content (AvgIpc) is 2.85. The molecule has 106 valence electrons. The Kier molecular flexibility index (Phi) is 4.70. The van der Waals surface area contributed by atoms with Crippen molar-refractivity contribution in [3.8, 4) is 0 Å². The van der Waals surface area contributed by atoms with Crippen molar-refractivity contribution in [2.45, 2.75) is 13.3 Å². The Hall–Kier alpha value is -2.37. The second kappa shape index (κ2) is 6.70. The molecule has 0 saturated carbocycles. The molecule has 6 heteroatoms. The molecule has 0 radical (unpaired) electrons.